The molecule has 2 rings (SSSR count). The lowest BCUT2D eigenvalue weighted by molar-refractivity contribution is 0.251. The Hall–Kier alpha value is -3.07. The number of nitriles is 1. The number of rotatable bonds is 5. The molecule has 2 N–H and O–H groups in total. The molecule has 0 fully saturated rings. The summed E-state index contributed by atoms with van der Waals surface area (Å²) in [5.74, 6) is 1.12. The Bertz CT molecular complexity index is 710. The lowest BCUT2D eigenvalue weighted by Gasteiger charge is -2.12. The molecule has 0 saturated heterocycles. The van der Waals surface area contributed by atoms with Crippen LogP contribution in [0.2, 0.25) is 0 Å². The van der Waals surface area contributed by atoms with Gasteiger partial charge in [0.05, 0.1) is 18.2 Å². The van der Waals surface area contributed by atoms with E-state index in [2.05, 4.69) is 21.7 Å². The highest BCUT2D eigenvalue weighted by molar-refractivity contribution is 5.89. The highest BCUT2D eigenvalue weighted by Gasteiger charge is 2.07. The average Bonchev–Trinajstić information content (AvgIpc) is 2.56. The molecule has 0 spiro atoms. The fraction of sp³-hybridized carbons (Fsp3) is 0.235. The summed E-state index contributed by atoms with van der Waals surface area (Å²) in [6.45, 7) is 3.95. The van der Waals surface area contributed by atoms with Crippen LogP contribution in [0.3, 0.4) is 0 Å². The molecule has 0 aliphatic rings. The van der Waals surface area contributed by atoms with Crippen LogP contribution in [0, 0.1) is 24.2 Å². The Labute approximate surface area is 135 Å². The van der Waals surface area contributed by atoms with Gasteiger partial charge in [-0.1, -0.05) is 0 Å². The van der Waals surface area contributed by atoms with Crippen LogP contribution in [0.15, 0.2) is 42.7 Å². The Morgan fingerprint density at radius 1 is 1.43 bits per heavy atom. The number of aromatic nitrogens is 1. The first kappa shape index (κ1) is 16.3. The molecule has 0 aliphatic heterocycles. The summed E-state index contributed by atoms with van der Waals surface area (Å²) in [6.07, 6.45) is 3.31. The number of urea groups is 1. The van der Waals surface area contributed by atoms with Crippen molar-refractivity contribution < 1.29 is 9.53 Å². The molecule has 23 heavy (non-hydrogen) atoms. The average molecular weight is 310 g/mol. The first-order valence-electron chi connectivity index (χ1n) is 7.21. The van der Waals surface area contributed by atoms with Gasteiger partial charge in [0.25, 0.3) is 0 Å². The number of anilines is 1. The van der Waals surface area contributed by atoms with Gasteiger partial charge in [0.2, 0.25) is 0 Å². The maximum atomic E-state index is 11.7. The molecule has 1 atom stereocenters. The van der Waals surface area contributed by atoms with E-state index < -0.39 is 0 Å². The zero-order valence-corrected chi connectivity index (χ0v) is 13.0. The van der Waals surface area contributed by atoms with Crippen molar-refractivity contribution in [2.24, 2.45) is 5.92 Å². The van der Waals surface area contributed by atoms with E-state index in [0.717, 1.165) is 5.56 Å². The second-order valence-electron chi connectivity index (χ2n) is 5.14. The van der Waals surface area contributed by atoms with E-state index in [0.29, 0.717) is 23.7 Å². The second-order valence-corrected chi connectivity index (χ2v) is 5.14. The summed E-state index contributed by atoms with van der Waals surface area (Å²) in [4.78, 5) is 15.7. The normalized spacial score (nSPS) is 11.2. The van der Waals surface area contributed by atoms with Crippen LogP contribution >= 0.6 is 0 Å². The SMILES string of the molecule is Cc1cc(NC(=O)NC[C@@H](C)C#N)ccc1Oc1cccnc1. The number of carbonyl (C=O) groups excluding carboxylic acids is 1. The molecule has 2 amide bonds. The number of nitrogens with one attached hydrogen (secondary N) is 2. The van der Waals surface area contributed by atoms with Crippen LogP contribution in [0.1, 0.15) is 12.5 Å². The Morgan fingerprint density at radius 2 is 2.26 bits per heavy atom. The fourth-order valence-electron chi connectivity index (χ4n) is 1.84. The van der Waals surface area contributed by atoms with E-state index >= 15 is 0 Å². The molecule has 2 aromatic rings. The topological polar surface area (TPSA) is 87.0 Å². The number of benzene rings is 1. The van der Waals surface area contributed by atoms with Gasteiger partial charge in [-0.2, -0.15) is 5.26 Å². The maximum absolute atomic E-state index is 11.7. The van der Waals surface area contributed by atoms with Gasteiger partial charge >= 0.3 is 6.03 Å². The van der Waals surface area contributed by atoms with Crippen LogP contribution in [0.25, 0.3) is 0 Å². The van der Waals surface area contributed by atoms with Gasteiger partial charge in [0.15, 0.2) is 0 Å². The molecule has 1 aromatic carbocycles. The quantitative estimate of drug-likeness (QED) is 0.885. The first-order chi connectivity index (χ1) is 11.1. The molecule has 0 aliphatic carbocycles. The number of hydrogen-bond donors (Lipinski definition) is 2. The zero-order chi connectivity index (χ0) is 16.7. The number of nitrogens with zero attached hydrogens (tertiary/aromatic N) is 2. The van der Waals surface area contributed by atoms with Crippen molar-refractivity contribution in [2.75, 3.05) is 11.9 Å². The van der Waals surface area contributed by atoms with Crippen LogP contribution in [-0.4, -0.2) is 17.6 Å². The van der Waals surface area contributed by atoms with E-state index in [1.54, 1.807) is 37.5 Å². The van der Waals surface area contributed by atoms with E-state index in [1.165, 1.54) is 0 Å². The van der Waals surface area contributed by atoms with Crippen molar-refractivity contribution in [1.29, 1.82) is 5.26 Å². The van der Waals surface area contributed by atoms with E-state index in [-0.39, 0.29) is 11.9 Å². The third-order valence-electron chi connectivity index (χ3n) is 3.08. The second kappa shape index (κ2) is 7.80. The van der Waals surface area contributed by atoms with Gasteiger partial charge < -0.3 is 15.4 Å². The number of ether oxygens (including phenoxy) is 1. The minimum Gasteiger partial charge on any atom is -0.455 e. The molecule has 1 heterocycles. The molecule has 1 aromatic heterocycles. The number of aryl methyl sites for hydroxylation is 1. The van der Waals surface area contributed by atoms with E-state index in [1.807, 2.05) is 19.1 Å². The van der Waals surface area contributed by atoms with Gasteiger partial charge in [-0.05, 0) is 49.7 Å². The highest BCUT2D eigenvalue weighted by Crippen LogP contribution is 2.26. The van der Waals surface area contributed by atoms with Gasteiger partial charge in [0.1, 0.15) is 11.5 Å². The molecular weight excluding hydrogens is 292 g/mol. The molecule has 118 valence electrons. The summed E-state index contributed by atoms with van der Waals surface area (Å²) in [6, 6.07) is 10.7. The smallest absolute Gasteiger partial charge is 0.319 e. The van der Waals surface area contributed by atoms with E-state index in [9.17, 15) is 4.79 Å². The monoisotopic (exact) mass is 310 g/mol. The Kier molecular flexibility index (Phi) is 5.53. The molecule has 6 nitrogen and oxygen atoms in total. The van der Waals surface area contributed by atoms with Gasteiger partial charge in [-0.25, -0.2) is 4.79 Å². The van der Waals surface area contributed by atoms with Crippen molar-refractivity contribution >= 4 is 11.7 Å². The summed E-state index contributed by atoms with van der Waals surface area (Å²) in [5, 5.41) is 14.1. The largest absolute Gasteiger partial charge is 0.455 e. The van der Waals surface area contributed by atoms with Crippen molar-refractivity contribution in [3.8, 4) is 17.6 Å². The van der Waals surface area contributed by atoms with Gasteiger partial charge in [0, 0.05) is 18.4 Å². The number of carbonyl (C=O) groups is 1. The lowest BCUT2D eigenvalue weighted by atomic mass is 10.2. The minimum absolute atomic E-state index is 0.224. The number of hydrogen-bond acceptors (Lipinski definition) is 4. The summed E-state index contributed by atoms with van der Waals surface area (Å²) >= 11 is 0. The summed E-state index contributed by atoms with van der Waals surface area (Å²) in [7, 11) is 0. The van der Waals surface area contributed by atoms with Crippen LogP contribution in [-0.2, 0) is 0 Å². The molecule has 6 heteroatoms. The number of pyridine rings is 1. The van der Waals surface area contributed by atoms with Gasteiger partial charge in [-0.3, -0.25) is 4.98 Å². The summed E-state index contributed by atoms with van der Waals surface area (Å²) in [5.41, 5.74) is 1.54. The third kappa shape index (κ3) is 5.00. The molecule has 0 radical (unpaired) electrons. The third-order valence-corrected chi connectivity index (χ3v) is 3.08. The Morgan fingerprint density at radius 3 is 2.91 bits per heavy atom. The lowest BCUT2D eigenvalue weighted by Crippen LogP contribution is -2.32. The van der Waals surface area contributed by atoms with Crippen molar-refractivity contribution in [1.82, 2.24) is 10.3 Å². The standard InChI is InChI=1S/C17H18N4O2/c1-12(9-18)10-20-17(22)21-14-5-6-16(13(2)8-14)23-15-4-3-7-19-11-15/h3-8,11-12H,10H2,1-2H3,(H2,20,21,22)/t12-/m0/s1. The van der Waals surface area contributed by atoms with Crippen LogP contribution in [0.5, 0.6) is 11.5 Å². The highest BCUT2D eigenvalue weighted by atomic mass is 16.5. The Balaban J connectivity index is 1.96. The van der Waals surface area contributed by atoms with Crippen LogP contribution < -0.4 is 15.4 Å². The first-order valence-corrected chi connectivity index (χ1v) is 7.21. The molecule has 0 saturated carbocycles. The molecular formula is C17H18N4O2. The van der Waals surface area contributed by atoms with Gasteiger partial charge in [-0.15, -0.1) is 0 Å². The summed E-state index contributed by atoms with van der Waals surface area (Å²) < 4.78 is 5.74. The molecule has 0 unspecified atom stereocenters. The predicted molar refractivity (Wildman–Crippen MR) is 87.3 cm³/mol. The maximum Gasteiger partial charge on any atom is 0.319 e. The van der Waals surface area contributed by atoms with Crippen molar-refractivity contribution in [2.45, 2.75) is 13.8 Å². The van der Waals surface area contributed by atoms with E-state index in [4.69, 9.17) is 10.00 Å². The number of amides is 2. The van der Waals surface area contributed by atoms with Crippen molar-refractivity contribution in [3.05, 3.63) is 48.3 Å². The minimum atomic E-state index is -0.340. The fourth-order valence-corrected chi connectivity index (χ4v) is 1.84. The van der Waals surface area contributed by atoms with Crippen LogP contribution in [0.4, 0.5) is 10.5 Å². The van der Waals surface area contributed by atoms with Crippen molar-refractivity contribution in [3.63, 3.8) is 0 Å². The predicted octanol–water partition coefficient (Wildman–Crippen LogP) is 3.46. The zero-order valence-electron chi connectivity index (χ0n) is 13.0. The molecule has 0 bridgehead atoms.